The van der Waals surface area contributed by atoms with E-state index in [9.17, 15) is 22.4 Å². The van der Waals surface area contributed by atoms with Crippen molar-refractivity contribution >= 4 is 56.1 Å². The van der Waals surface area contributed by atoms with Crippen molar-refractivity contribution in [3.05, 3.63) is 40.3 Å². The average Bonchev–Trinajstić information content (AvgIpc) is 2.59. The molecule has 0 bridgehead atoms. The Morgan fingerprint density at radius 1 is 1.46 bits per heavy atom. The van der Waals surface area contributed by atoms with Gasteiger partial charge in [0.05, 0.1) is 27.7 Å². The van der Waals surface area contributed by atoms with Gasteiger partial charge >= 0.3 is 5.97 Å². The van der Waals surface area contributed by atoms with E-state index in [2.05, 4.69) is 20.6 Å². The summed E-state index contributed by atoms with van der Waals surface area (Å²) in [7, 11) is -3.76. The van der Waals surface area contributed by atoms with E-state index < -0.39 is 39.0 Å². The lowest BCUT2D eigenvalue weighted by Crippen LogP contribution is -2.34. The van der Waals surface area contributed by atoms with Gasteiger partial charge in [-0.05, 0) is 18.6 Å². The van der Waals surface area contributed by atoms with Gasteiger partial charge < -0.3 is 5.11 Å². The van der Waals surface area contributed by atoms with Crippen LogP contribution in [0.3, 0.4) is 0 Å². The van der Waals surface area contributed by atoms with Gasteiger partial charge in [0.15, 0.2) is 11.0 Å². The molecule has 0 aliphatic carbocycles. The summed E-state index contributed by atoms with van der Waals surface area (Å²) in [6, 6.07) is 2.32. The van der Waals surface area contributed by atoms with E-state index in [-0.39, 0.29) is 21.7 Å². The quantitative estimate of drug-likeness (QED) is 0.486. The Morgan fingerprint density at radius 2 is 2.18 bits per heavy atom. The van der Waals surface area contributed by atoms with E-state index in [0.29, 0.717) is 12.1 Å². The van der Waals surface area contributed by atoms with Crippen LogP contribution >= 0.6 is 23.4 Å². The minimum absolute atomic E-state index is 0.0694. The first kappa shape index (κ1) is 22.0. The van der Waals surface area contributed by atoms with Crippen molar-refractivity contribution in [2.24, 2.45) is 5.10 Å². The number of amides is 1. The Bertz CT molecular complexity index is 965. The van der Waals surface area contributed by atoms with Crippen molar-refractivity contribution in [1.82, 2.24) is 10.7 Å². The Hall–Kier alpha value is -2.31. The molecular weight excluding hydrogens is 435 g/mol. The maximum Gasteiger partial charge on any atom is 0.330 e. The van der Waals surface area contributed by atoms with Crippen LogP contribution in [0.5, 0.6) is 0 Å². The van der Waals surface area contributed by atoms with Crippen LogP contribution < -0.4 is 15.5 Å². The van der Waals surface area contributed by atoms with E-state index >= 15 is 0 Å². The number of hydrogen-bond acceptors (Lipinski definition) is 7. The van der Waals surface area contributed by atoms with Crippen LogP contribution in [0.4, 0.5) is 10.1 Å². The Labute approximate surface area is 169 Å². The summed E-state index contributed by atoms with van der Waals surface area (Å²) in [5.74, 6) is -3.22. The highest BCUT2D eigenvalue weighted by Gasteiger charge is 2.23. The van der Waals surface area contributed by atoms with Crippen molar-refractivity contribution in [2.45, 2.75) is 13.3 Å². The molecule has 0 radical (unpaired) electrons. The number of aliphatic carboxylic acids is 1. The number of halogens is 2. The van der Waals surface area contributed by atoms with Gasteiger partial charge in [-0.2, -0.15) is 5.10 Å². The number of hydrogen-bond donors (Lipinski definition) is 4. The molecular formula is C15H16ClFN4O5S2. The van der Waals surface area contributed by atoms with Crippen LogP contribution in [0, 0.1) is 5.82 Å². The molecule has 28 heavy (non-hydrogen) atoms. The second-order valence-electron chi connectivity index (χ2n) is 5.48. The smallest absolute Gasteiger partial charge is 0.330 e. The summed E-state index contributed by atoms with van der Waals surface area (Å²) in [5.41, 5.74) is 1.82. The monoisotopic (exact) mass is 450 g/mol. The van der Waals surface area contributed by atoms with E-state index in [4.69, 9.17) is 16.7 Å². The van der Waals surface area contributed by atoms with Gasteiger partial charge in [-0.25, -0.2) is 17.6 Å². The van der Waals surface area contributed by atoms with E-state index in [1.165, 1.54) is 6.07 Å². The highest BCUT2D eigenvalue weighted by atomic mass is 35.5. The zero-order chi connectivity index (χ0) is 20.9. The van der Waals surface area contributed by atoms with Crippen LogP contribution in [0.2, 0.25) is 5.02 Å². The molecule has 0 saturated carbocycles. The fourth-order valence-corrected chi connectivity index (χ4v) is 4.19. The summed E-state index contributed by atoms with van der Waals surface area (Å²) in [6.45, 7) is 1.66. The highest BCUT2D eigenvalue weighted by molar-refractivity contribution is 8.14. The summed E-state index contributed by atoms with van der Waals surface area (Å²) in [6.07, 6.45) is 1.26. The molecule has 152 valence electrons. The lowest BCUT2D eigenvalue weighted by atomic mass is 10.1. The molecule has 0 aromatic heterocycles. The predicted molar refractivity (Wildman–Crippen MR) is 105 cm³/mol. The minimum atomic E-state index is -3.76. The van der Waals surface area contributed by atoms with Crippen LogP contribution in [-0.2, 0) is 14.8 Å². The summed E-state index contributed by atoms with van der Waals surface area (Å²) in [4.78, 5) is 23.0. The number of amidine groups is 1. The third-order valence-electron chi connectivity index (χ3n) is 3.24. The average molecular weight is 451 g/mol. The maximum absolute atomic E-state index is 14.7. The minimum Gasteiger partial charge on any atom is -0.478 e. The molecule has 0 unspecified atom stereocenters. The van der Waals surface area contributed by atoms with Gasteiger partial charge in [0.1, 0.15) is 0 Å². The number of hydrazone groups is 1. The summed E-state index contributed by atoms with van der Waals surface area (Å²) >= 11 is 6.93. The van der Waals surface area contributed by atoms with Gasteiger partial charge in [0.2, 0.25) is 10.0 Å². The van der Waals surface area contributed by atoms with Crippen LogP contribution in [-0.4, -0.2) is 42.1 Å². The molecule has 1 aliphatic rings. The first-order valence-electron chi connectivity index (χ1n) is 7.82. The number of carbonyl (C=O) groups is 2. The normalized spacial score (nSPS) is 15.5. The summed E-state index contributed by atoms with van der Waals surface area (Å²) in [5, 5.41) is 14.7. The molecule has 1 amide bonds. The molecule has 2 rings (SSSR count). The molecule has 1 aromatic carbocycles. The number of anilines is 1. The standard InChI is InChI=1S/C15H16ClFN4O5S2/c1-2-5-28(25,26)21-10-4-3-9(16)12(13(10)17)14(24)18-15-20-19-8(7-27-15)6-11(22)23/h3-4,6,19,21H,2,5,7H2,1H3,(H,22,23)(H,18,20,24)/b8-6+. The first-order chi connectivity index (χ1) is 13.1. The molecule has 0 saturated heterocycles. The fourth-order valence-electron chi connectivity index (χ4n) is 2.11. The third-order valence-corrected chi connectivity index (χ3v) is 5.95. The largest absolute Gasteiger partial charge is 0.478 e. The zero-order valence-corrected chi connectivity index (χ0v) is 16.8. The number of nitrogens with one attached hydrogen (secondary N) is 3. The Balaban J connectivity index is 2.21. The third kappa shape index (κ3) is 5.84. The number of benzene rings is 1. The number of carboxylic acid groups (broad SMARTS) is 1. The number of sulfonamides is 1. The molecule has 1 heterocycles. The lowest BCUT2D eigenvalue weighted by molar-refractivity contribution is -0.131. The van der Waals surface area contributed by atoms with Crippen molar-refractivity contribution in [3.63, 3.8) is 0 Å². The molecule has 0 fully saturated rings. The molecule has 0 atom stereocenters. The molecule has 0 spiro atoms. The molecule has 1 aliphatic heterocycles. The fraction of sp³-hybridized carbons (Fsp3) is 0.267. The molecule has 9 nitrogen and oxygen atoms in total. The summed E-state index contributed by atoms with van der Waals surface area (Å²) < 4.78 is 40.5. The van der Waals surface area contributed by atoms with Gasteiger partial charge in [0, 0.05) is 11.8 Å². The van der Waals surface area contributed by atoms with Gasteiger partial charge in [-0.15, -0.1) is 0 Å². The van der Waals surface area contributed by atoms with Gasteiger partial charge in [0.25, 0.3) is 5.91 Å². The zero-order valence-electron chi connectivity index (χ0n) is 14.5. The van der Waals surface area contributed by atoms with Gasteiger partial charge in [-0.3, -0.25) is 20.3 Å². The van der Waals surface area contributed by atoms with Crippen molar-refractivity contribution in [2.75, 3.05) is 16.2 Å². The van der Waals surface area contributed by atoms with Crippen molar-refractivity contribution in [1.29, 1.82) is 0 Å². The van der Waals surface area contributed by atoms with Gasteiger partial charge in [-0.1, -0.05) is 30.3 Å². The predicted octanol–water partition coefficient (Wildman–Crippen LogP) is 1.94. The lowest BCUT2D eigenvalue weighted by Gasteiger charge is -2.17. The van der Waals surface area contributed by atoms with Crippen LogP contribution in [0.25, 0.3) is 0 Å². The SMILES string of the molecule is CCCS(=O)(=O)Nc1ccc(Cl)c(C(=O)NC2=NN/C(=C/C(=O)O)CS2)c1F. The number of carboxylic acids is 1. The number of carbonyl (C=O) groups excluding carboxylic acids is 1. The van der Waals surface area contributed by atoms with E-state index in [1.54, 1.807) is 6.92 Å². The molecule has 13 heteroatoms. The van der Waals surface area contributed by atoms with Crippen LogP contribution in [0.1, 0.15) is 23.7 Å². The van der Waals surface area contributed by atoms with Crippen molar-refractivity contribution in [3.8, 4) is 0 Å². The Morgan fingerprint density at radius 3 is 2.75 bits per heavy atom. The second kappa shape index (κ2) is 9.26. The molecule has 1 aromatic rings. The topological polar surface area (TPSA) is 137 Å². The number of thioether (sulfide) groups is 1. The van der Waals surface area contributed by atoms with Crippen LogP contribution in [0.15, 0.2) is 29.0 Å². The van der Waals surface area contributed by atoms with E-state index in [1.807, 2.05) is 0 Å². The first-order valence-corrected chi connectivity index (χ1v) is 10.8. The number of rotatable bonds is 6. The number of nitrogens with zero attached hydrogens (tertiary/aromatic N) is 1. The maximum atomic E-state index is 14.7. The Kier molecular flexibility index (Phi) is 7.27. The highest BCUT2D eigenvalue weighted by Crippen LogP contribution is 2.27. The van der Waals surface area contributed by atoms with E-state index in [0.717, 1.165) is 23.9 Å². The second-order valence-corrected chi connectivity index (χ2v) is 8.70. The van der Waals surface area contributed by atoms with Crippen molar-refractivity contribution < 1.29 is 27.5 Å². The molecule has 4 N–H and O–H groups in total.